The molecule has 0 saturated heterocycles. The number of hydrogen-bond donors (Lipinski definition) is 1. The van der Waals surface area contributed by atoms with Crippen molar-refractivity contribution < 1.29 is 27.2 Å². The number of methoxy groups -OCH3 is 1. The van der Waals surface area contributed by atoms with Crippen molar-refractivity contribution in [3.63, 3.8) is 0 Å². The Labute approximate surface area is 173 Å². The number of aryl methyl sites for hydroxylation is 1. The smallest absolute Gasteiger partial charge is 0.296 e. The Morgan fingerprint density at radius 1 is 1.03 bits per heavy atom. The van der Waals surface area contributed by atoms with Crippen LogP contribution in [0, 0.1) is 12.8 Å². The summed E-state index contributed by atoms with van der Waals surface area (Å²) in [5.41, 5.74) is 1.99. The zero-order valence-corrected chi connectivity index (χ0v) is 18.0. The molecule has 2 aromatic carbocycles. The predicted molar refractivity (Wildman–Crippen MR) is 111 cm³/mol. The molecular weight excluding hydrogens is 392 g/mol. The molecule has 29 heavy (non-hydrogen) atoms. The third kappa shape index (κ3) is 7.44. The van der Waals surface area contributed by atoms with E-state index in [0.29, 0.717) is 26.1 Å². The quantitative estimate of drug-likeness (QED) is 0.415. The summed E-state index contributed by atoms with van der Waals surface area (Å²) < 4.78 is 40.6. The normalized spacial score (nSPS) is 13.8. The van der Waals surface area contributed by atoms with Crippen molar-refractivity contribution in [2.45, 2.75) is 44.3 Å². The highest BCUT2D eigenvalue weighted by Crippen LogP contribution is 2.19. The number of aliphatic hydroxyl groups is 1. The molecule has 2 aromatic rings. The lowest BCUT2D eigenvalue weighted by Crippen LogP contribution is -2.27. The van der Waals surface area contributed by atoms with Crippen LogP contribution in [0.15, 0.2) is 53.4 Å². The summed E-state index contributed by atoms with van der Waals surface area (Å²) in [6, 6.07) is 14.1. The van der Waals surface area contributed by atoms with Crippen molar-refractivity contribution in [1.29, 1.82) is 0 Å². The number of rotatable bonds is 12. The Bertz CT molecular complexity index is 831. The molecule has 0 amide bonds. The lowest BCUT2D eigenvalue weighted by Gasteiger charge is -2.21. The second-order valence-electron chi connectivity index (χ2n) is 6.98. The van der Waals surface area contributed by atoms with Crippen LogP contribution in [0.2, 0.25) is 0 Å². The molecule has 0 spiro atoms. The van der Waals surface area contributed by atoms with E-state index in [0.717, 1.165) is 16.9 Å². The van der Waals surface area contributed by atoms with Crippen LogP contribution < -0.4 is 4.74 Å². The van der Waals surface area contributed by atoms with E-state index in [-0.39, 0.29) is 17.4 Å². The van der Waals surface area contributed by atoms with Gasteiger partial charge in [-0.05, 0) is 49.6 Å². The van der Waals surface area contributed by atoms with Gasteiger partial charge in [-0.25, -0.2) is 0 Å². The molecule has 160 valence electrons. The van der Waals surface area contributed by atoms with Crippen LogP contribution in [-0.2, 0) is 25.6 Å². The molecule has 0 aliphatic rings. The highest BCUT2D eigenvalue weighted by Gasteiger charge is 2.22. The van der Waals surface area contributed by atoms with Gasteiger partial charge in [0.25, 0.3) is 10.1 Å². The van der Waals surface area contributed by atoms with Gasteiger partial charge in [0.15, 0.2) is 0 Å². The maximum absolute atomic E-state index is 12.3. The summed E-state index contributed by atoms with van der Waals surface area (Å²) in [7, 11) is -2.22. The Morgan fingerprint density at radius 2 is 1.69 bits per heavy atom. The third-order valence-corrected chi connectivity index (χ3v) is 6.10. The van der Waals surface area contributed by atoms with E-state index in [1.807, 2.05) is 38.1 Å². The van der Waals surface area contributed by atoms with Crippen molar-refractivity contribution >= 4 is 10.1 Å². The molecule has 0 radical (unpaired) electrons. The summed E-state index contributed by atoms with van der Waals surface area (Å²) in [5.74, 6) is 0.496. The molecule has 0 aromatic heterocycles. The number of hydrogen-bond acceptors (Lipinski definition) is 6. The summed E-state index contributed by atoms with van der Waals surface area (Å²) >= 11 is 0. The van der Waals surface area contributed by atoms with Crippen molar-refractivity contribution in [2.75, 3.05) is 20.3 Å². The molecule has 6 nitrogen and oxygen atoms in total. The summed E-state index contributed by atoms with van der Waals surface area (Å²) in [6.07, 6.45) is 0.301. The molecule has 0 aliphatic carbocycles. The first-order valence-corrected chi connectivity index (χ1v) is 11.1. The molecular formula is C22H30O6S. The van der Waals surface area contributed by atoms with Gasteiger partial charge in [0, 0.05) is 12.5 Å². The Morgan fingerprint density at radius 3 is 2.28 bits per heavy atom. The molecule has 0 bridgehead atoms. The van der Waals surface area contributed by atoms with Crippen molar-refractivity contribution in [3.8, 4) is 5.75 Å². The first-order valence-electron chi connectivity index (χ1n) is 9.70. The average molecular weight is 423 g/mol. The first kappa shape index (κ1) is 23.3. The summed E-state index contributed by atoms with van der Waals surface area (Å²) in [5, 5.41) is 10.4. The Kier molecular flexibility index (Phi) is 9.10. The van der Waals surface area contributed by atoms with Crippen LogP contribution in [0.25, 0.3) is 0 Å². The molecule has 0 aliphatic heterocycles. The first-order chi connectivity index (χ1) is 13.9. The van der Waals surface area contributed by atoms with Crippen LogP contribution in [0.4, 0.5) is 0 Å². The maximum Gasteiger partial charge on any atom is 0.296 e. The second-order valence-corrected chi connectivity index (χ2v) is 8.59. The fraction of sp³-hybridized carbons (Fsp3) is 0.455. The number of benzene rings is 2. The largest absolute Gasteiger partial charge is 0.497 e. The highest BCUT2D eigenvalue weighted by molar-refractivity contribution is 7.86. The van der Waals surface area contributed by atoms with E-state index in [1.54, 1.807) is 19.2 Å². The predicted octanol–water partition coefficient (Wildman–Crippen LogP) is 3.70. The number of ether oxygens (including phenoxy) is 2. The summed E-state index contributed by atoms with van der Waals surface area (Å²) in [6.45, 7) is 4.53. The van der Waals surface area contributed by atoms with Crippen LogP contribution in [0.5, 0.6) is 5.75 Å². The maximum atomic E-state index is 12.3. The van der Waals surface area contributed by atoms with Gasteiger partial charge in [0.05, 0.1) is 31.3 Å². The van der Waals surface area contributed by atoms with Gasteiger partial charge in [-0.1, -0.05) is 36.8 Å². The van der Waals surface area contributed by atoms with E-state index in [1.165, 1.54) is 12.1 Å². The van der Waals surface area contributed by atoms with Gasteiger partial charge in [0.1, 0.15) is 5.75 Å². The van der Waals surface area contributed by atoms with Gasteiger partial charge in [-0.3, -0.25) is 4.18 Å². The van der Waals surface area contributed by atoms with Crippen molar-refractivity contribution in [2.24, 2.45) is 5.92 Å². The monoisotopic (exact) mass is 422 g/mol. The number of aliphatic hydroxyl groups excluding tert-OH is 1. The standard InChI is InChI=1S/C22H30O6S/c1-4-19(16-28-29(24,25)21-11-5-17(2)6-12-21)22(23)13-14-27-15-18-7-9-20(26-3)10-8-18/h5-12,19,22-23H,4,13-16H2,1-3H3/t19-,22+/m1/s1. The molecule has 1 N–H and O–H groups in total. The van der Waals surface area contributed by atoms with E-state index in [4.69, 9.17) is 13.7 Å². The second kappa shape index (κ2) is 11.3. The Balaban J connectivity index is 1.77. The molecule has 2 atom stereocenters. The van der Waals surface area contributed by atoms with Crippen LogP contribution >= 0.6 is 0 Å². The minimum absolute atomic E-state index is 0.0631. The van der Waals surface area contributed by atoms with E-state index >= 15 is 0 Å². The van der Waals surface area contributed by atoms with Crippen LogP contribution in [0.1, 0.15) is 30.9 Å². The average Bonchev–Trinajstić information content (AvgIpc) is 2.72. The SMILES string of the molecule is CC[C@H](COS(=O)(=O)c1ccc(C)cc1)[C@@H](O)CCOCc1ccc(OC)cc1. The van der Waals surface area contributed by atoms with E-state index in [2.05, 4.69) is 0 Å². The van der Waals surface area contributed by atoms with E-state index < -0.39 is 16.2 Å². The topological polar surface area (TPSA) is 82.1 Å². The minimum Gasteiger partial charge on any atom is -0.497 e. The lowest BCUT2D eigenvalue weighted by atomic mass is 9.98. The fourth-order valence-electron chi connectivity index (χ4n) is 2.80. The fourth-order valence-corrected chi connectivity index (χ4v) is 3.76. The molecule has 0 unspecified atom stereocenters. The van der Waals surface area contributed by atoms with Gasteiger partial charge in [-0.15, -0.1) is 0 Å². The Hall–Kier alpha value is -1.93. The van der Waals surface area contributed by atoms with Crippen LogP contribution in [-0.4, -0.2) is 40.0 Å². The zero-order chi connectivity index (χ0) is 21.3. The molecule has 2 rings (SSSR count). The van der Waals surface area contributed by atoms with E-state index in [9.17, 15) is 13.5 Å². The molecule has 0 saturated carbocycles. The van der Waals surface area contributed by atoms with Gasteiger partial charge < -0.3 is 14.6 Å². The lowest BCUT2D eigenvalue weighted by molar-refractivity contribution is 0.0299. The van der Waals surface area contributed by atoms with Crippen molar-refractivity contribution in [3.05, 3.63) is 59.7 Å². The zero-order valence-electron chi connectivity index (χ0n) is 17.2. The summed E-state index contributed by atoms with van der Waals surface area (Å²) in [4.78, 5) is 0.121. The van der Waals surface area contributed by atoms with Crippen molar-refractivity contribution in [1.82, 2.24) is 0 Å². The third-order valence-electron chi connectivity index (χ3n) is 4.80. The van der Waals surface area contributed by atoms with Crippen LogP contribution in [0.3, 0.4) is 0 Å². The highest BCUT2D eigenvalue weighted by atomic mass is 32.2. The van der Waals surface area contributed by atoms with Gasteiger partial charge >= 0.3 is 0 Å². The molecule has 0 fully saturated rings. The van der Waals surface area contributed by atoms with Gasteiger partial charge in [-0.2, -0.15) is 8.42 Å². The molecule has 0 heterocycles. The van der Waals surface area contributed by atoms with Gasteiger partial charge in [0.2, 0.25) is 0 Å². The molecule has 7 heteroatoms. The minimum atomic E-state index is -3.84.